The van der Waals surface area contributed by atoms with Crippen molar-refractivity contribution in [1.29, 1.82) is 0 Å². The minimum atomic E-state index is -0.950. The zero-order valence-electron chi connectivity index (χ0n) is 21.7. The molecule has 1 heterocycles. The van der Waals surface area contributed by atoms with Gasteiger partial charge in [-0.1, -0.05) is 81.3 Å². The van der Waals surface area contributed by atoms with E-state index in [4.69, 9.17) is 11.6 Å². The Bertz CT molecular complexity index is 1210. The van der Waals surface area contributed by atoms with Crippen molar-refractivity contribution in [3.63, 3.8) is 0 Å². The molecule has 2 N–H and O–H groups in total. The second-order valence-corrected chi connectivity index (χ2v) is 10.5. The molecule has 6 nitrogen and oxygen atoms in total. The first-order valence-electron chi connectivity index (χ1n) is 12.8. The molecule has 8 heteroatoms. The topological polar surface area (TPSA) is 84.2 Å². The maximum Gasteiger partial charge on any atom is 0.336 e. The van der Waals surface area contributed by atoms with Gasteiger partial charge in [0.05, 0.1) is 17.8 Å². The third-order valence-electron chi connectivity index (χ3n) is 6.40. The van der Waals surface area contributed by atoms with E-state index in [2.05, 4.69) is 48.3 Å². The number of carbonyl (C=O) groups is 2. The van der Waals surface area contributed by atoms with Gasteiger partial charge in [0.2, 0.25) is 5.91 Å². The first-order chi connectivity index (χ1) is 17.7. The number of nitrogens with one attached hydrogen (secondary N) is 1. The molecule has 3 rings (SSSR count). The lowest BCUT2D eigenvalue weighted by atomic mass is 9.98. The molecule has 198 valence electrons. The predicted molar refractivity (Wildman–Crippen MR) is 152 cm³/mol. The van der Waals surface area contributed by atoms with Crippen LogP contribution in [0.25, 0.3) is 11.1 Å². The number of thiol groups is 1. The fraction of sp³-hybridized carbons (Fsp3) is 0.414. The Morgan fingerprint density at radius 3 is 2.46 bits per heavy atom. The Morgan fingerprint density at radius 1 is 1.14 bits per heavy atom. The van der Waals surface area contributed by atoms with Crippen molar-refractivity contribution in [2.75, 3.05) is 5.75 Å². The summed E-state index contributed by atoms with van der Waals surface area (Å²) in [6.45, 7) is 7.18. The molecule has 0 aliphatic rings. The van der Waals surface area contributed by atoms with Gasteiger partial charge < -0.3 is 15.0 Å². The lowest BCUT2D eigenvalue weighted by molar-refractivity contribution is -0.124. The van der Waals surface area contributed by atoms with Gasteiger partial charge in [-0.2, -0.15) is 12.6 Å². The number of nitrogens with zero attached hydrogens (tertiary/aromatic N) is 2. The Morgan fingerprint density at radius 2 is 1.84 bits per heavy atom. The molecule has 0 bridgehead atoms. The van der Waals surface area contributed by atoms with E-state index >= 15 is 0 Å². The predicted octanol–water partition coefficient (Wildman–Crippen LogP) is 6.50. The van der Waals surface area contributed by atoms with Crippen molar-refractivity contribution in [2.45, 2.75) is 59.5 Å². The SMILES string of the molecule is CCCCc1nc(Cl)c(CNC(=O)[C@@H](CS)CC(C)C)n1Cc1ccc(-c2ccccc2C(=O)O)cc1. The lowest BCUT2D eigenvalue weighted by Gasteiger charge is -2.18. The van der Waals surface area contributed by atoms with Gasteiger partial charge >= 0.3 is 5.97 Å². The minimum Gasteiger partial charge on any atom is -0.478 e. The van der Waals surface area contributed by atoms with E-state index in [1.165, 1.54) is 0 Å². The molecule has 0 saturated heterocycles. The van der Waals surface area contributed by atoms with Crippen LogP contribution in [-0.2, 0) is 24.3 Å². The van der Waals surface area contributed by atoms with Crippen LogP contribution >= 0.6 is 24.2 Å². The fourth-order valence-corrected chi connectivity index (χ4v) is 5.01. The first kappa shape index (κ1) is 28.8. The fourth-order valence-electron chi connectivity index (χ4n) is 4.43. The summed E-state index contributed by atoms with van der Waals surface area (Å²) < 4.78 is 2.09. The second kappa shape index (κ2) is 13.7. The van der Waals surface area contributed by atoms with Crippen LogP contribution in [0.1, 0.15) is 67.5 Å². The van der Waals surface area contributed by atoms with Gasteiger partial charge in [0, 0.05) is 24.6 Å². The molecule has 0 saturated carbocycles. The first-order valence-corrected chi connectivity index (χ1v) is 13.8. The van der Waals surface area contributed by atoms with Crippen LogP contribution in [0.3, 0.4) is 0 Å². The van der Waals surface area contributed by atoms with E-state index in [-0.39, 0.29) is 17.4 Å². The van der Waals surface area contributed by atoms with Gasteiger partial charge in [0.25, 0.3) is 0 Å². The molecule has 0 aliphatic carbocycles. The molecule has 1 atom stereocenters. The summed E-state index contributed by atoms with van der Waals surface area (Å²) in [5.74, 6) is 0.667. The van der Waals surface area contributed by atoms with Crippen LogP contribution in [0, 0.1) is 11.8 Å². The van der Waals surface area contributed by atoms with E-state index in [0.717, 1.165) is 48.3 Å². The number of carboxylic acid groups (broad SMARTS) is 1. The van der Waals surface area contributed by atoms with Gasteiger partial charge in [-0.25, -0.2) is 9.78 Å². The second-order valence-electron chi connectivity index (χ2n) is 9.73. The van der Waals surface area contributed by atoms with Crippen LogP contribution in [0.4, 0.5) is 0 Å². The Hall–Kier alpha value is -2.77. The number of hydrogen-bond acceptors (Lipinski definition) is 4. The molecule has 0 unspecified atom stereocenters. The smallest absolute Gasteiger partial charge is 0.336 e. The molecule has 0 radical (unpaired) electrons. The Kier molecular flexibility index (Phi) is 10.6. The van der Waals surface area contributed by atoms with Gasteiger partial charge in [0.1, 0.15) is 5.82 Å². The summed E-state index contributed by atoms with van der Waals surface area (Å²) in [5.41, 5.74) is 3.60. The quantitative estimate of drug-likeness (QED) is 0.216. The molecule has 0 aliphatic heterocycles. The number of unbranched alkanes of at least 4 members (excludes halogenated alkanes) is 1. The molecule has 3 aromatic rings. The number of rotatable bonds is 13. The Labute approximate surface area is 229 Å². The van der Waals surface area contributed by atoms with Crippen molar-refractivity contribution in [3.05, 3.63) is 76.3 Å². The average molecular weight is 542 g/mol. The normalized spacial score (nSPS) is 12.1. The molecule has 0 spiro atoms. The maximum absolute atomic E-state index is 12.8. The number of carbonyl (C=O) groups excluding carboxylic acids is 1. The lowest BCUT2D eigenvalue weighted by Crippen LogP contribution is -2.33. The van der Waals surface area contributed by atoms with Crippen LogP contribution in [0.15, 0.2) is 48.5 Å². The van der Waals surface area contributed by atoms with Crippen LogP contribution in [0.2, 0.25) is 5.15 Å². The number of imidazole rings is 1. The van der Waals surface area contributed by atoms with Crippen molar-refractivity contribution in [3.8, 4) is 11.1 Å². The van der Waals surface area contributed by atoms with Crippen molar-refractivity contribution < 1.29 is 14.7 Å². The van der Waals surface area contributed by atoms with E-state index in [1.54, 1.807) is 12.1 Å². The number of carboxylic acids is 1. The molecule has 2 aromatic carbocycles. The number of halogens is 1. The third-order valence-corrected chi connectivity index (χ3v) is 7.14. The van der Waals surface area contributed by atoms with Crippen LogP contribution in [-0.4, -0.2) is 32.3 Å². The number of aromatic nitrogens is 2. The minimum absolute atomic E-state index is 0.0240. The monoisotopic (exact) mass is 541 g/mol. The number of amides is 1. The van der Waals surface area contributed by atoms with Gasteiger partial charge in [-0.15, -0.1) is 0 Å². The van der Waals surface area contributed by atoms with Crippen molar-refractivity contribution in [2.24, 2.45) is 11.8 Å². The van der Waals surface area contributed by atoms with E-state index < -0.39 is 5.97 Å². The third kappa shape index (κ3) is 7.62. The number of hydrogen-bond donors (Lipinski definition) is 3. The number of aromatic carboxylic acids is 1. The van der Waals surface area contributed by atoms with Gasteiger partial charge in [-0.05, 0) is 41.5 Å². The zero-order chi connectivity index (χ0) is 26.9. The molecule has 1 amide bonds. The van der Waals surface area contributed by atoms with E-state index in [1.807, 2.05) is 36.4 Å². The highest BCUT2D eigenvalue weighted by Crippen LogP contribution is 2.26. The number of benzene rings is 2. The Balaban J connectivity index is 1.85. The summed E-state index contributed by atoms with van der Waals surface area (Å²) in [4.78, 5) is 29.1. The van der Waals surface area contributed by atoms with E-state index in [9.17, 15) is 14.7 Å². The molecule has 1 aromatic heterocycles. The highest BCUT2D eigenvalue weighted by Gasteiger charge is 2.21. The van der Waals surface area contributed by atoms with Crippen LogP contribution < -0.4 is 5.32 Å². The summed E-state index contributed by atoms with van der Waals surface area (Å²) in [7, 11) is 0. The average Bonchev–Trinajstić information content (AvgIpc) is 3.18. The van der Waals surface area contributed by atoms with Crippen LogP contribution in [0.5, 0.6) is 0 Å². The molecule has 0 fully saturated rings. The molecular weight excluding hydrogens is 506 g/mol. The molecular formula is C29H36ClN3O3S. The van der Waals surface area contributed by atoms with Crippen molar-refractivity contribution in [1.82, 2.24) is 14.9 Å². The highest BCUT2D eigenvalue weighted by molar-refractivity contribution is 7.80. The van der Waals surface area contributed by atoms with E-state index in [0.29, 0.717) is 35.5 Å². The number of aryl methyl sites for hydroxylation is 1. The summed E-state index contributed by atoms with van der Waals surface area (Å²) in [6, 6.07) is 14.8. The van der Waals surface area contributed by atoms with Gasteiger partial charge in [0.15, 0.2) is 5.15 Å². The van der Waals surface area contributed by atoms with Gasteiger partial charge in [-0.3, -0.25) is 4.79 Å². The zero-order valence-corrected chi connectivity index (χ0v) is 23.4. The summed E-state index contributed by atoms with van der Waals surface area (Å²) in [5, 5.41) is 13.0. The standard InChI is InChI=1S/C29H36ClN3O3S/c1-4-5-10-26-32-27(30)25(16-31-28(34)22(18-37)15-19(2)3)33(26)17-20-11-13-21(14-12-20)23-8-6-7-9-24(23)29(35)36/h6-9,11-14,19,22,37H,4-5,10,15-18H2,1-3H3,(H,31,34)(H,35,36)/t22-/m1/s1. The summed E-state index contributed by atoms with van der Waals surface area (Å²) in [6.07, 6.45) is 3.59. The largest absolute Gasteiger partial charge is 0.478 e. The maximum atomic E-state index is 12.8. The highest BCUT2D eigenvalue weighted by atomic mass is 35.5. The molecule has 37 heavy (non-hydrogen) atoms. The van der Waals surface area contributed by atoms with Crippen molar-refractivity contribution >= 4 is 36.1 Å². The summed E-state index contributed by atoms with van der Waals surface area (Å²) >= 11 is 10.9.